The fourth-order valence-corrected chi connectivity index (χ4v) is 5.02. The second-order valence-corrected chi connectivity index (χ2v) is 8.50. The van der Waals surface area contributed by atoms with Gasteiger partial charge in [-0.15, -0.1) is 10.2 Å². The van der Waals surface area contributed by atoms with E-state index in [-0.39, 0.29) is 11.8 Å². The summed E-state index contributed by atoms with van der Waals surface area (Å²) in [5.41, 5.74) is 2.19. The smallest absolute Gasteiger partial charge is 0.151 e. The van der Waals surface area contributed by atoms with Crippen LogP contribution in [0.5, 0.6) is 0 Å². The van der Waals surface area contributed by atoms with Crippen LogP contribution in [0.4, 0.5) is 8.78 Å². The van der Waals surface area contributed by atoms with Crippen molar-refractivity contribution in [3.63, 3.8) is 0 Å². The van der Waals surface area contributed by atoms with Gasteiger partial charge in [-0.3, -0.25) is 9.56 Å². The Morgan fingerprint density at radius 2 is 1.93 bits per heavy atom. The van der Waals surface area contributed by atoms with Gasteiger partial charge in [0.15, 0.2) is 5.82 Å². The number of aliphatic imine (C=N–C) groups is 1. The summed E-state index contributed by atoms with van der Waals surface area (Å²) in [4.78, 5) is 4.13. The largest absolute Gasteiger partial charge is 0.306 e. The normalized spacial score (nSPS) is 29.0. The molecule has 2 aliphatic heterocycles. The summed E-state index contributed by atoms with van der Waals surface area (Å²) in [6.07, 6.45) is 4.33. The first kappa shape index (κ1) is 18.9. The highest BCUT2D eigenvalue weighted by molar-refractivity contribution is 6.30. The molecule has 1 aliphatic carbocycles. The van der Waals surface area contributed by atoms with E-state index in [4.69, 9.17) is 11.6 Å². The molecule has 2 atom stereocenters. The maximum Gasteiger partial charge on any atom is 0.151 e. The Kier molecular flexibility index (Phi) is 4.95. The minimum absolute atomic E-state index is 0.126. The fourth-order valence-electron chi connectivity index (χ4n) is 4.83. The Bertz CT molecular complexity index is 977. The summed E-state index contributed by atoms with van der Waals surface area (Å²) in [6, 6.07) is 5.43. The van der Waals surface area contributed by atoms with Crippen molar-refractivity contribution in [3.8, 4) is 5.69 Å². The highest BCUT2D eigenvalue weighted by atomic mass is 35.5. The van der Waals surface area contributed by atoms with Crippen molar-refractivity contribution < 1.29 is 8.78 Å². The molecule has 3 aliphatic rings. The average molecular weight is 418 g/mol. The van der Waals surface area contributed by atoms with Gasteiger partial charge in [0.2, 0.25) is 0 Å². The molecule has 5 nitrogen and oxygen atoms in total. The number of nitrogens with zero attached hydrogens (tertiary/aromatic N) is 4. The van der Waals surface area contributed by atoms with Crippen LogP contribution >= 0.6 is 11.6 Å². The zero-order chi connectivity index (χ0) is 20.0. The SMILES string of the molecule is FC1=CC(F)C([C@H]2CC[C@H](c3nnc4n3-c3ccc(Cl)cc3CNC4)CC2)N=C1. The second kappa shape index (κ2) is 7.61. The number of rotatable bonds is 2. The number of halogens is 3. The maximum atomic E-state index is 14.2. The van der Waals surface area contributed by atoms with Crippen molar-refractivity contribution >= 4 is 17.8 Å². The lowest BCUT2D eigenvalue weighted by Gasteiger charge is -2.33. The number of hydrogen-bond donors (Lipinski definition) is 1. The molecule has 8 heteroatoms. The minimum Gasteiger partial charge on any atom is -0.306 e. The summed E-state index contributed by atoms with van der Waals surface area (Å²) in [5.74, 6) is 1.65. The van der Waals surface area contributed by atoms with Crippen LogP contribution in [-0.4, -0.2) is 33.2 Å². The van der Waals surface area contributed by atoms with E-state index in [0.717, 1.165) is 67.4 Å². The van der Waals surface area contributed by atoms with Crippen LogP contribution in [-0.2, 0) is 13.1 Å². The Labute approximate surface area is 172 Å². The van der Waals surface area contributed by atoms with E-state index < -0.39 is 18.0 Å². The highest BCUT2D eigenvalue weighted by Crippen LogP contribution is 2.40. The van der Waals surface area contributed by atoms with E-state index in [9.17, 15) is 8.78 Å². The van der Waals surface area contributed by atoms with Gasteiger partial charge in [-0.1, -0.05) is 11.6 Å². The molecule has 1 fully saturated rings. The first-order valence-electron chi connectivity index (χ1n) is 10.1. The van der Waals surface area contributed by atoms with E-state index in [1.54, 1.807) is 0 Å². The number of hydrogen-bond acceptors (Lipinski definition) is 4. The van der Waals surface area contributed by atoms with E-state index in [0.29, 0.717) is 11.6 Å². The first-order chi connectivity index (χ1) is 14.1. The molecular weight excluding hydrogens is 396 g/mol. The van der Waals surface area contributed by atoms with Crippen LogP contribution in [0.3, 0.4) is 0 Å². The van der Waals surface area contributed by atoms with Gasteiger partial charge in [0.25, 0.3) is 0 Å². The lowest BCUT2D eigenvalue weighted by Crippen LogP contribution is -2.33. The molecule has 1 aromatic carbocycles. The number of dihydropyridines is 1. The third kappa shape index (κ3) is 3.51. The summed E-state index contributed by atoms with van der Waals surface area (Å²) < 4.78 is 29.6. The standard InChI is InChI=1S/C21H22ClF2N5/c22-15-5-6-18-14(7-15)9-25-11-19-27-28-21(29(18)19)13-3-1-12(2-4-13)20-17(24)8-16(23)10-26-20/h5-8,10,12-13,17,20,25H,1-4,9,11H2/t12-,13-,17?,20?. The molecule has 152 valence electrons. The lowest BCUT2D eigenvalue weighted by molar-refractivity contribution is 0.210. The molecule has 1 aromatic heterocycles. The molecule has 5 rings (SSSR count). The summed E-state index contributed by atoms with van der Waals surface area (Å²) in [5, 5.41) is 13.0. The molecule has 29 heavy (non-hydrogen) atoms. The van der Waals surface area contributed by atoms with Crippen LogP contribution in [0.2, 0.25) is 5.02 Å². The van der Waals surface area contributed by atoms with Crippen molar-refractivity contribution in [2.75, 3.05) is 0 Å². The molecule has 3 heterocycles. The van der Waals surface area contributed by atoms with Crippen LogP contribution in [0, 0.1) is 5.92 Å². The fraction of sp³-hybridized carbons (Fsp3) is 0.476. The number of aromatic nitrogens is 3. The average Bonchev–Trinajstić information content (AvgIpc) is 3.04. The summed E-state index contributed by atoms with van der Waals surface area (Å²) >= 11 is 6.19. The number of fused-ring (bicyclic) bond motifs is 3. The Hall–Kier alpha value is -2.12. The first-order valence-corrected chi connectivity index (χ1v) is 10.5. The monoisotopic (exact) mass is 417 g/mol. The Balaban J connectivity index is 1.38. The van der Waals surface area contributed by atoms with Gasteiger partial charge >= 0.3 is 0 Å². The molecular formula is C21H22ClF2N5. The Morgan fingerprint density at radius 3 is 2.72 bits per heavy atom. The number of alkyl halides is 1. The molecule has 0 bridgehead atoms. The van der Waals surface area contributed by atoms with Crippen molar-refractivity contribution in [3.05, 3.63) is 52.3 Å². The zero-order valence-electron chi connectivity index (χ0n) is 15.9. The number of benzene rings is 1. The predicted molar refractivity (Wildman–Crippen MR) is 108 cm³/mol. The van der Waals surface area contributed by atoms with Gasteiger partial charge in [-0.2, -0.15) is 0 Å². The van der Waals surface area contributed by atoms with E-state index >= 15 is 0 Å². The van der Waals surface area contributed by atoms with Crippen LogP contribution in [0.1, 0.15) is 48.8 Å². The van der Waals surface area contributed by atoms with Gasteiger partial charge in [-0.05, 0) is 61.4 Å². The number of nitrogens with one attached hydrogen (secondary N) is 1. The van der Waals surface area contributed by atoms with Crippen LogP contribution < -0.4 is 5.32 Å². The van der Waals surface area contributed by atoms with Crippen molar-refractivity contribution in [2.45, 2.75) is 56.9 Å². The lowest BCUT2D eigenvalue weighted by atomic mass is 9.76. The summed E-state index contributed by atoms with van der Waals surface area (Å²) in [6.45, 7) is 1.37. The number of allylic oxidation sites excluding steroid dienone is 1. The van der Waals surface area contributed by atoms with E-state index in [2.05, 4.69) is 25.1 Å². The molecule has 0 spiro atoms. The van der Waals surface area contributed by atoms with E-state index in [1.165, 1.54) is 0 Å². The highest BCUT2D eigenvalue weighted by Gasteiger charge is 2.35. The predicted octanol–water partition coefficient (Wildman–Crippen LogP) is 4.44. The topological polar surface area (TPSA) is 55.1 Å². The third-order valence-corrected chi connectivity index (χ3v) is 6.51. The zero-order valence-corrected chi connectivity index (χ0v) is 16.6. The minimum atomic E-state index is -1.34. The van der Waals surface area contributed by atoms with Gasteiger partial charge in [0, 0.05) is 17.5 Å². The van der Waals surface area contributed by atoms with Crippen LogP contribution in [0.15, 0.2) is 35.1 Å². The van der Waals surface area contributed by atoms with Gasteiger partial charge in [0.05, 0.1) is 24.5 Å². The molecule has 0 amide bonds. The quantitative estimate of drug-likeness (QED) is 0.785. The van der Waals surface area contributed by atoms with Gasteiger partial charge < -0.3 is 5.32 Å². The maximum absolute atomic E-state index is 14.2. The molecule has 1 N–H and O–H groups in total. The molecule has 0 radical (unpaired) electrons. The van der Waals surface area contributed by atoms with Crippen molar-refractivity contribution in [1.29, 1.82) is 0 Å². The van der Waals surface area contributed by atoms with Crippen molar-refractivity contribution in [1.82, 2.24) is 20.1 Å². The van der Waals surface area contributed by atoms with E-state index in [1.807, 2.05) is 18.2 Å². The molecule has 2 aromatic rings. The molecule has 0 saturated heterocycles. The van der Waals surface area contributed by atoms with Crippen LogP contribution in [0.25, 0.3) is 5.69 Å². The third-order valence-electron chi connectivity index (χ3n) is 6.27. The molecule has 1 saturated carbocycles. The Morgan fingerprint density at radius 1 is 1.10 bits per heavy atom. The summed E-state index contributed by atoms with van der Waals surface area (Å²) in [7, 11) is 0. The molecule has 2 unspecified atom stereocenters. The van der Waals surface area contributed by atoms with Gasteiger partial charge in [-0.25, -0.2) is 8.78 Å². The van der Waals surface area contributed by atoms with Crippen molar-refractivity contribution in [2.24, 2.45) is 10.9 Å². The second-order valence-electron chi connectivity index (χ2n) is 8.06. The van der Waals surface area contributed by atoms with Gasteiger partial charge in [0.1, 0.15) is 17.8 Å².